The molecule has 1 atom stereocenters. The van der Waals surface area contributed by atoms with Crippen molar-refractivity contribution in [2.24, 2.45) is 5.92 Å². The molecule has 0 radical (unpaired) electrons. The van der Waals surface area contributed by atoms with Crippen molar-refractivity contribution in [2.75, 3.05) is 52.6 Å². The summed E-state index contributed by atoms with van der Waals surface area (Å²) in [6.45, 7) is 6.30. The highest BCUT2D eigenvalue weighted by molar-refractivity contribution is 6.32. The van der Waals surface area contributed by atoms with E-state index in [1.807, 2.05) is 11.0 Å². The SMILES string of the molecule is O=C(C1CCOCC1)N1CCC(Oc2nc3nc(C4=CCC(N5CCOCC5)C=C4)c(Cl)cc3[nH]2)CC1. The molecule has 9 nitrogen and oxygen atoms in total. The molecule has 4 aliphatic rings. The quantitative estimate of drug-likeness (QED) is 0.636. The highest BCUT2D eigenvalue weighted by Gasteiger charge is 2.30. The van der Waals surface area contributed by atoms with Crippen LogP contribution in [0.5, 0.6) is 6.01 Å². The van der Waals surface area contributed by atoms with Gasteiger partial charge in [0.2, 0.25) is 5.91 Å². The van der Waals surface area contributed by atoms with Crippen molar-refractivity contribution >= 4 is 34.2 Å². The van der Waals surface area contributed by atoms with E-state index in [9.17, 15) is 4.79 Å². The standard InChI is InChI=1S/C27H34ClN5O4/c28-22-17-23-25(30-24(22)18-1-3-20(4-2-18)32-11-15-36-16-12-32)31-27(29-23)37-21-5-9-33(10-6-21)26(34)19-7-13-35-14-8-19/h1-3,17,19-21H,4-16H2,(H,29,30,31). The fraction of sp³-hybridized carbons (Fsp3) is 0.593. The number of fused-ring (bicyclic) bond motifs is 1. The summed E-state index contributed by atoms with van der Waals surface area (Å²) in [7, 11) is 0. The summed E-state index contributed by atoms with van der Waals surface area (Å²) in [5.41, 5.74) is 3.10. The van der Waals surface area contributed by atoms with E-state index in [-0.39, 0.29) is 17.9 Å². The maximum absolute atomic E-state index is 12.8. The van der Waals surface area contributed by atoms with Crippen molar-refractivity contribution in [2.45, 2.75) is 44.2 Å². The number of pyridine rings is 1. The van der Waals surface area contributed by atoms with Gasteiger partial charge in [-0.1, -0.05) is 29.8 Å². The number of nitrogens with zero attached hydrogens (tertiary/aromatic N) is 4. The van der Waals surface area contributed by atoms with Gasteiger partial charge >= 0.3 is 0 Å². The lowest BCUT2D eigenvalue weighted by Gasteiger charge is -2.34. The first-order valence-electron chi connectivity index (χ1n) is 13.4. The van der Waals surface area contributed by atoms with Crippen molar-refractivity contribution in [1.82, 2.24) is 24.8 Å². The molecule has 0 bridgehead atoms. The molecule has 0 spiro atoms. The van der Waals surface area contributed by atoms with Crippen molar-refractivity contribution in [1.29, 1.82) is 0 Å². The summed E-state index contributed by atoms with van der Waals surface area (Å²) in [4.78, 5) is 29.8. The van der Waals surface area contributed by atoms with Crippen molar-refractivity contribution in [3.05, 3.63) is 35.0 Å². The van der Waals surface area contributed by atoms with Crippen molar-refractivity contribution in [3.63, 3.8) is 0 Å². The van der Waals surface area contributed by atoms with Gasteiger partial charge in [-0.25, -0.2) is 4.98 Å². The van der Waals surface area contributed by atoms with Gasteiger partial charge in [0, 0.05) is 64.2 Å². The molecular weight excluding hydrogens is 494 g/mol. The normalized spacial score (nSPS) is 24.4. The number of morpholine rings is 1. The Morgan fingerprint density at radius 1 is 1.03 bits per heavy atom. The van der Waals surface area contributed by atoms with Crippen LogP contribution in [0.25, 0.3) is 16.7 Å². The fourth-order valence-electron chi connectivity index (χ4n) is 5.67. The van der Waals surface area contributed by atoms with Crippen molar-refractivity contribution < 1.29 is 19.0 Å². The van der Waals surface area contributed by atoms with Crippen LogP contribution in [-0.4, -0.2) is 95.4 Å². The number of aromatic nitrogens is 3. The Morgan fingerprint density at radius 2 is 1.78 bits per heavy atom. The number of amides is 1. The van der Waals surface area contributed by atoms with Crippen LogP contribution in [0, 0.1) is 5.92 Å². The number of ether oxygens (including phenoxy) is 3. The van der Waals surface area contributed by atoms with E-state index < -0.39 is 0 Å². The predicted octanol–water partition coefficient (Wildman–Crippen LogP) is 3.45. The van der Waals surface area contributed by atoms with Crippen LogP contribution in [0.4, 0.5) is 0 Å². The lowest BCUT2D eigenvalue weighted by atomic mass is 9.97. The molecular formula is C27H34ClN5O4. The molecule has 3 saturated heterocycles. The fourth-order valence-corrected chi connectivity index (χ4v) is 5.93. The van der Waals surface area contributed by atoms with Crippen molar-refractivity contribution in [3.8, 4) is 6.01 Å². The second kappa shape index (κ2) is 11.1. The van der Waals surface area contributed by atoms with Gasteiger partial charge in [0.25, 0.3) is 6.01 Å². The second-order valence-electron chi connectivity index (χ2n) is 10.2. The number of H-pyrrole nitrogens is 1. The van der Waals surface area contributed by atoms with Gasteiger partial charge in [-0.3, -0.25) is 9.69 Å². The van der Waals surface area contributed by atoms with Crippen LogP contribution in [0.15, 0.2) is 24.3 Å². The third kappa shape index (κ3) is 5.55. The molecule has 1 aliphatic carbocycles. The van der Waals surface area contributed by atoms with Gasteiger partial charge in [0.15, 0.2) is 5.65 Å². The molecule has 1 amide bonds. The van der Waals surface area contributed by atoms with Crippen LogP contribution < -0.4 is 4.74 Å². The average molecular weight is 528 g/mol. The van der Waals surface area contributed by atoms with Crippen LogP contribution in [0.3, 0.4) is 0 Å². The molecule has 6 rings (SSSR count). The minimum absolute atomic E-state index is 0.00958. The van der Waals surface area contributed by atoms with E-state index in [4.69, 9.17) is 30.8 Å². The maximum atomic E-state index is 12.8. The van der Waals surface area contributed by atoms with E-state index in [1.165, 1.54) is 0 Å². The number of aromatic amines is 1. The number of rotatable bonds is 5. The zero-order valence-corrected chi connectivity index (χ0v) is 21.8. The molecule has 1 N–H and O–H groups in total. The first-order valence-corrected chi connectivity index (χ1v) is 13.8. The smallest absolute Gasteiger partial charge is 0.296 e. The van der Waals surface area contributed by atoms with E-state index in [0.717, 1.165) is 75.2 Å². The molecule has 2 aromatic heterocycles. The lowest BCUT2D eigenvalue weighted by Crippen LogP contribution is -2.45. The zero-order valence-electron chi connectivity index (χ0n) is 21.0. The van der Waals surface area contributed by atoms with Gasteiger partial charge < -0.3 is 24.1 Å². The molecule has 3 aliphatic heterocycles. The molecule has 5 heterocycles. The molecule has 2 aromatic rings. The molecule has 37 heavy (non-hydrogen) atoms. The number of carbonyl (C=O) groups excluding carboxylic acids is 1. The molecule has 0 aromatic carbocycles. The summed E-state index contributed by atoms with van der Waals surface area (Å²) < 4.78 is 17.0. The number of imidazole rings is 1. The summed E-state index contributed by atoms with van der Waals surface area (Å²) in [6, 6.07) is 2.71. The molecule has 3 fully saturated rings. The van der Waals surface area contributed by atoms with E-state index in [2.05, 4.69) is 33.1 Å². The second-order valence-corrected chi connectivity index (χ2v) is 10.6. The third-order valence-electron chi connectivity index (χ3n) is 7.87. The molecule has 198 valence electrons. The zero-order chi connectivity index (χ0) is 25.2. The highest BCUT2D eigenvalue weighted by Crippen LogP contribution is 2.31. The number of allylic oxidation sites excluding steroid dienone is 2. The highest BCUT2D eigenvalue weighted by atomic mass is 35.5. The topological polar surface area (TPSA) is 92.8 Å². The van der Waals surface area contributed by atoms with Gasteiger partial charge in [-0.15, -0.1) is 0 Å². The number of hydrogen-bond acceptors (Lipinski definition) is 7. The van der Waals surface area contributed by atoms with E-state index in [1.54, 1.807) is 0 Å². The summed E-state index contributed by atoms with van der Waals surface area (Å²) in [5.74, 6) is 0.366. The summed E-state index contributed by atoms with van der Waals surface area (Å²) in [6.07, 6.45) is 10.7. The van der Waals surface area contributed by atoms with E-state index in [0.29, 0.717) is 49.0 Å². The monoisotopic (exact) mass is 527 g/mol. The lowest BCUT2D eigenvalue weighted by molar-refractivity contribution is -0.140. The summed E-state index contributed by atoms with van der Waals surface area (Å²) in [5, 5.41) is 0.586. The number of carbonyl (C=O) groups is 1. The first-order chi connectivity index (χ1) is 18.1. The Hall–Kier alpha value is -2.46. The predicted molar refractivity (Wildman–Crippen MR) is 141 cm³/mol. The van der Waals surface area contributed by atoms with Crippen LogP contribution in [0.1, 0.15) is 37.8 Å². The molecule has 1 unspecified atom stereocenters. The Bertz CT molecular complexity index is 1180. The first kappa shape index (κ1) is 24.9. The summed E-state index contributed by atoms with van der Waals surface area (Å²) >= 11 is 6.63. The van der Waals surface area contributed by atoms with Crippen LogP contribution >= 0.6 is 11.6 Å². The van der Waals surface area contributed by atoms with Gasteiger partial charge in [-0.2, -0.15) is 4.98 Å². The Kier molecular flexibility index (Phi) is 7.46. The van der Waals surface area contributed by atoms with Crippen LogP contribution in [-0.2, 0) is 14.3 Å². The van der Waals surface area contributed by atoms with Gasteiger partial charge in [-0.05, 0) is 30.9 Å². The largest absolute Gasteiger partial charge is 0.461 e. The minimum atomic E-state index is 0.00958. The third-order valence-corrected chi connectivity index (χ3v) is 8.16. The maximum Gasteiger partial charge on any atom is 0.296 e. The number of likely N-dealkylation sites (tertiary alicyclic amines) is 1. The number of piperidine rings is 1. The number of halogens is 1. The molecule has 10 heteroatoms. The van der Waals surface area contributed by atoms with E-state index >= 15 is 0 Å². The Morgan fingerprint density at radius 3 is 2.51 bits per heavy atom. The number of hydrogen-bond donors (Lipinski definition) is 1. The Labute approximate surface area is 221 Å². The van der Waals surface area contributed by atoms with Gasteiger partial charge in [0.05, 0.1) is 29.4 Å². The molecule has 0 saturated carbocycles. The minimum Gasteiger partial charge on any atom is -0.461 e. The van der Waals surface area contributed by atoms with Crippen LogP contribution in [0.2, 0.25) is 5.02 Å². The average Bonchev–Trinajstić information content (AvgIpc) is 3.34. The number of nitrogens with one attached hydrogen (secondary N) is 1. The Balaban J connectivity index is 1.07. The van der Waals surface area contributed by atoms with Gasteiger partial charge in [0.1, 0.15) is 6.10 Å².